The van der Waals surface area contributed by atoms with Gasteiger partial charge in [-0.15, -0.1) is 0 Å². The number of benzene rings is 12. The molecule has 0 amide bonds. The molecule has 0 N–H and O–H groups in total. The van der Waals surface area contributed by atoms with Gasteiger partial charge in [0.1, 0.15) is 0 Å². The van der Waals surface area contributed by atoms with Crippen molar-refractivity contribution in [1.82, 2.24) is 0 Å². The maximum absolute atomic E-state index is 2.68. The molecular formula is C110H124N2. The predicted octanol–water partition coefficient (Wildman–Crippen LogP) is 32.5. The molecule has 2 aliphatic carbocycles. The molecular weight excluding hydrogens is 1350 g/mol. The van der Waals surface area contributed by atoms with Crippen LogP contribution in [0.15, 0.2) is 267 Å². The lowest BCUT2D eigenvalue weighted by molar-refractivity contribution is 0.398. The first-order valence-corrected chi connectivity index (χ1v) is 43.7. The monoisotopic (exact) mass is 1470 g/mol. The first-order chi connectivity index (χ1) is 54.7. The van der Waals surface area contributed by atoms with Gasteiger partial charge in [0, 0.05) is 39.5 Å². The zero-order chi connectivity index (χ0) is 77.6. The molecule has 112 heavy (non-hydrogen) atoms. The van der Waals surface area contributed by atoms with Gasteiger partial charge < -0.3 is 9.80 Å². The summed E-state index contributed by atoms with van der Waals surface area (Å²) in [6, 6.07) is 106. The Morgan fingerprint density at radius 2 is 0.527 bits per heavy atom. The Bertz CT molecular complexity index is 4870. The second kappa shape index (κ2) is 36.4. The van der Waals surface area contributed by atoms with Crippen LogP contribution in [0.1, 0.15) is 263 Å². The smallest absolute Gasteiger partial charge is 0.0713 e. The molecule has 2 heteroatoms. The summed E-state index contributed by atoms with van der Waals surface area (Å²) in [5, 5.41) is 0. The van der Waals surface area contributed by atoms with E-state index in [0.717, 1.165) is 54.9 Å². The number of anilines is 6. The number of hydrogen-bond donors (Lipinski definition) is 0. The lowest BCUT2D eigenvalue weighted by atomic mass is 9.67. The third-order valence-corrected chi connectivity index (χ3v) is 25.1. The maximum atomic E-state index is 2.68. The molecule has 0 atom stereocenters. The largest absolute Gasteiger partial charge is 0.310 e. The summed E-state index contributed by atoms with van der Waals surface area (Å²) in [4.78, 5) is 5.14. The fourth-order valence-electron chi connectivity index (χ4n) is 18.7. The Balaban J connectivity index is 0.922. The van der Waals surface area contributed by atoms with E-state index < -0.39 is 5.41 Å². The third kappa shape index (κ3) is 17.1. The Kier molecular flexibility index (Phi) is 25.6. The number of fused-ring (bicyclic) bond motifs is 6. The molecule has 0 aromatic heterocycles. The number of unbranched alkanes of at least 4 members (excludes halogenated alkanes) is 15. The topological polar surface area (TPSA) is 6.48 Å². The fraction of sp³-hybridized carbons (Fsp3) is 0.345. The van der Waals surface area contributed by atoms with Crippen molar-refractivity contribution in [2.24, 2.45) is 0 Å². The molecule has 0 bridgehead atoms. The minimum absolute atomic E-state index is 0.0720. The molecule has 12 aromatic carbocycles. The molecule has 14 rings (SSSR count). The van der Waals surface area contributed by atoms with E-state index in [-0.39, 0.29) is 10.8 Å². The summed E-state index contributed by atoms with van der Waals surface area (Å²) in [7, 11) is 0. The Morgan fingerprint density at radius 3 is 0.893 bits per heavy atom. The van der Waals surface area contributed by atoms with Crippen LogP contribution in [-0.4, -0.2) is 0 Å². The van der Waals surface area contributed by atoms with Crippen LogP contribution in [0.3, 0.4) is 0 Å². The van der Waals surface area contributed by atoms with E-state index in [1.165, 1.54) is 262 Å². The van der Waals surface area contributed by atoms with Crippen LogP contribution in [0.5, 0.6) is 0 Å². The SMILES string of the molecule is CCCCCCCCC1(CCCCCCCC)c2cc(N(c3ccc(-c4ccc(CCCC)cc4)cc3)c3ccc(-c4ccc(CCCC)cc4)cc3)ccc2-c2ccc(N(c3ccc(-c4ccc(C(C)(C)C)cc4)cc3)c3ccc(C4(c5ccc(CCCCCC)cc5)c5cc(C)ccc5-c5ccc(C)cc54)cc3)cc21. The van der Waals surface area contributed by atoms with E-state index in [2.05, 4.69) is 346 Å². The summed E-state index contributed by atoms with van der Waals surface area (Å²) in [5.41, 5.74) is 35.6. The molecule has 0 spiro atoms. The van der Waals surface area contributed by atoms with Crippen molar-refractivity contribution in [3.8, 4) is 55.6 Å². The van der Waals surface area contributed by atoms with Crippen LogP contribution in [0.4, 0.5) is 34.1 Å². The fourth-order valence-corrected chi connectivity index (χ4v) is 18.7. The van der Waals surface area contributed by atoms with Gasteiger partial charge >= 0.3 is 0 Å². The summed E-state index contributed by atoms with van der Waals surface area (Å²) >= 11 is 0. The van der Waals surface area contributed by atoms with Crippen molar-refractivity contribution in [1.29, 1.82) is 0 Å². The van der Waals surface area contributed by atoms with E-state index >= 15 is 0 Å². The standard InChI is InChI=1S/C110H124N2/c1-11-16-21-24-26-29-74-109(75-30-27-25-22-17-12-2)104-78-98(111(94-60-48-88(49-61-94)85-42-36-82(37-43-85)31-19-14-4)95-62-50-89(51-63-95)86-44-38-83(39-45-86)32-20-15-5)68-72-100(104)101-73-69-99(79-105(101)109)112(96-64-52-90(53-65-96)87-46-56-91(57-47-87)108(8,9)10)97-66-58-93(59-67-97)110(92-54-40-84(41-55-92)33-28-23-18-13-3)106-76-80(6)34-70-102(106)103-71-35-81(7)77-107(103)110/h34-73,76-79H,11-33,74-75H2,1-10H3. The van der Waals surface area contributed by atoms with Crippen LogP contribution in [0.2, 0.25) is 0 Å². The van der Waals surface area contributed by atoms with Crippen molar-refractivity contribution in [3.05, 3.63) is 334 Å². The highest BCUT2D eigenvalue weighted by atomic mass is 15.1. The minimum Gasteiger partial charge on any atom is -0.310 e. The van der Waals surface area contributed by atoms with Gasteiger partial charge in [-0.1, -0.05) is 370 Å². The van der Waals surface area contributed by atoms with Crippen LogP contribution in [0, 0.1) is 13.8 Å². The van der Waals surface area contributed by atoms with E-state index in [9.17, 15) is 0 Å². The minimum atomic E-state index is -0.537. The third-order valence-electron chi connectivity index (χ3n) is 25.1. The van der Waals surface area contributed by atoms with Crippen LogP contribution in [-0.2, 0) is 35.5 Å². The number of aryl methyl sites for hydroxylation is 5. The van der Waals surface area contributed by atoms with Gasteiger partial charge in [0.05, 0.1) is 5.41 Å². The second-order valence-corrected chi connectivity index (χ2v) is 34.2. The summed E-state index contributed by atoms with van der Waals surface area (Å²) in [6.45, 7) is 23.0. The highest BCUT2D eigenvalue weighted by molar-refractivity contribution is 5.91. The Morgan fingerprint density at radius 1 is 0.250 bits per heavy atom. The molecule has 0 fully saturated rings. The lowest BCUT2D eigenvalue weighted by Crippen LogP contribution is -2.29. The van der Waals surface area contributed by atoms with E-state index in [1.807, 2.05) is 0 Å². The Hall–Kier alpha value is -9.76. The quantitative estimate of drug-likeness (QED) is 0.0361. The molecule has 0 radical (unpaired) electrons. The van der Waals surface area contributed by atoms with Gasteiger partial charge in [-0.25, -0.2) is 0 Å². The molecule has 2 nitrogen and oxygen atoms in total. The zero-order valence-electron chi connectivity index (χ0n) is 69.5. The summed E-state index contributed by atoms with van der Waals surface area (Å²) in [5.74, 6) is 0. The highest BCUT2D eigenvalue weighted by Gasteiger charge is 2.47. The molecule has 0 unspecified atom stereocenters. The number of rotatable bonds is 36. The van der Waals surface area contributed by atoms with E-state index in [0.29, 0.717) is 0 Å². The van der Waals surface area contributed by atoms with Crippen molar-refractivity contribution in [2.45, 2.75) is 246 Å². The average molecular weight is 1470 g/mol. The molecule has 0 heterocycles. The van der Waals surface area contributed by atoms with Gasteiger partial charge in [0.2, 0.25) is 0 Å². The summed E-state index contributed by atoms with van der Waals surface area (Å²) in [6.07, 6.45) is 30.5. The molecule has 2 aliphatic rings. The normalized spacial score (nSPS) is 13.1. The molecule has 0 saturated carbocycles. The lowest BCUT2D eigenvalue weighted by Gasteiger charge is -2.36. The van der Waals surface area contributed by atoms with Crippen molar-refractivity contribution < 1.29 is 0 Å². The highest BCUT2D eigenvalue weighted by Crippen LogP contribution is 2.60. The van der Waals surface area contributed by atoms with Crippen LogP contribution < -0.4 is 9.80 Å². The van der Waals surface area contributed by atoms with Gasteiger partial charge in [-0.3, -0.25) is 0 Å². The maximum Gasteiger partial charge on any atom is 0.0713 e. The van der Waals surface area contributed by atoms with E-state index in [4.69, 9.17) is 0 Å². The second-order valence-electron chi connectivity index (χ2n) is 34.2. The van der Waals surface area contributed by atoms with E-state index in [1.54, 1.807) is 0 Å². The van der Waals surface area contributed by atoms with Gasteiger partial charge in [-0.05, 0) is 255 Å². The predicted molar refractivity (Wildman–Crippen MR) is 485 cm³/mol. The zero-order valence-corrected chi connectivity index (χ0v) is 69.5. The molecule has 574 valence electrons. The molecule has 0 aliphatic heterocycles. The average Bonchev–Trinajstić information content (AvgIpc) is 1.53. The van der Waals surface area contributed by atoms with Crippen LogP contribution >= 0.6 is 0 Å². The van der Waals surface area contributed by atoms with Crippen molar-refractivity contribution in [3.63, 3.8) is 0 Å². The first-order valence-electron chi connectivity index (χ1n) is 43.7. The number of nitrogens with zero attached hydrogens (tertiary/aromatic N) is 2. The van der Waals surface area contributed by atoms with Crippen molar-refractivity contribution >= 4 is 34.1 Å². The van der Waals surface area contributed by atoms with Crippen molar-refractivity contribution in [2.75, 3.05) is 9.80 Å². The van der Waals surface area contributed by atoms with Gasteiger partial charge in [-0.2, -0.15) is 0 Å². The first kappa shape index (κ1) is 78.9. The van der Waals surface area contributed by atoms with Gasteiger partial charge in [0.25, 0.3) is 0 Å². The molecule has 0 saturated heterocycles. The van der Waals surface area contributed by atoms with Crippen LogP contribution in [0.25, 0.3) is 55.6 Å². The summed E-state index contributed by atoms with van der Waals surface area (Å²) < 4.78 is 0. The number of hydrogen-bond acceptors (Lipinski definition) is 2. The Labute approximate surface area is 674 Å². The van der Waals surface area contributed by atoms with Gasteiger partial charge in [0.15, 0.2) is 0 Å². The molecule has 12 aromatic rings.